The first-order valence-electron chi connectivity index (χ1n) is 8.87. The van der Waals surface area contributed by atoms with E-state index < -0.39 is 0 Å². The van der Waals surface area contributed by atoms with Crippen LogP contribution in [0.5, 0.6) is 0 Å². The highest BCUT2D eigenvalue weighted by atomic mass is 15.2. The number of nitrogens with zero attached hydrogens (tertiary/aromatic N) is 1. The van der Waals surface area contributed by atoms with Gasteiger partial charge >= 0.3 is 0 Å². The molecule has 2 nitrogen and oxygen atoms in total. The molecule has 1 N–H and O–H groups in total. The molecular formula is C17H30N2. The van der Waals surface area contributed by atoms with E-state index in [0.717, 1.165) is 30.0 Å². The van der Waals surface area contributed by atoms with Gasteiger partial charge in [0.25, 0.3) is 0 Å². The lowest BCUT2D eigenvalue weighted by atomic mass is 9.89. The summed E-state index contributed by atoms with van der Waals surface area (Å²) < 4.78 is 0. The van der Waals surface area contributed by atoms with Crippen molar-refractivity contribution in [2.45, 2.75) is 82.3 Å². The minimum absolute atomic E-state index is 0.807. The average molecular weight is 262 g/mol. The van der Waals surface area contributed by atoms with Gasteiger partial charge in [-0.3, -0.25) is 4.90 Å². The number of likely N-dealkylation sites (tertiary alicyclic amines) is 1. The van der Waals surface area contributed by atoms with E-state index >= 15 is 0 Å². The normalized spacial score (nSPS) is 37.9. The molecule has 0 aromatic rings. The molecule has 0 aromatic carbocycles. The third kappa shape index (κ3) is 3.33. The number of hydrogen-bond acceptors (Lipinski definition) is 2. The Morgan fingerprint density at radius 3 is 2.26 bits per heavy atom. The van der Waals surface area contributed by atoms with Gasteiger partial charge in [0, 0.05) is 31.2 Å². The zero-order valence-corrected chi connectivity index (χ0v) is 12.3. The van der Waals surface area contributed by atoms with Gasteiger partial charge in [-0.25, -0.2) is 0 Å². The van der Waals surface area contributed by atoms with Gasteiger partial charge in [-0.1, -0.05) is 25.7 Å². The Labute approximate surface area is 118 Å². The molecule has 4 rings (SSSR count). The van der Waals surface area contributed by atoms with Crippen LogP contribution in [0.1, 0.15) is 64.2 Å². The van der Waals surface area contributed by atoms with Crippen LogP contribution in [-0.4, -0.2) is 36.1 Å². The highest BCUT2D eigenvalue weighted by Crippen LogP contribution is 2.39. The van der Waals surface area contributed by atoms with Crippen LogP contribution in [0.3, 0.4) is 0 Å². The molecule has 19 heavy (non-hydrogen) atoms. The fraction of sp³-hybridized carbons (Fsp3) is 1.00. The second kappa shape index (κ2) is 5.37. The predicted molar refractivity (Wildman–Crippen MR) is 79.2 cm³/mol. The van der Waals surface area contributed by atoms with Gasteiger partial charge in [0.15, 0.2) is 0 Å². The molecule has 0 radical (unpaired) electrons. The summed E-state index contributed by atoms with van der Waals surface area (Å²) in [5.41, 5.74) is 0. The Kier molecular flexibility index (Phi) is 3.57. The van der Waals surface area contributed by atoms with E-state index in [1.54, 1.807) is 0 Å². The lowest BCUT2D eigenvalue weighted by molar-refractivity contribution is 0.120. The molecule has 1 aliphatic heterocycles. The van der Waals surface area contributed by atoms with E-state index in [0.29, 0.717) is 0 Å². The Hall–Kier alpha value is -0.0800. The Bertz CT molecular complexity index is 300. The molecule has 2 atom stereocenters. The van der Waals surface area contributed by atoms with E-state index in [1.807, 2.05) is 0 Å². The van der Waals surface area contributed by atoms with Gasteiger partial charge in [-0.05, 0) is 50.4 Å². The highest BCUT2D eigenvalue weighted by Gasteiger charge is 2.38. The summed E-state index contributed by atoms with van der Waals surface area (Å²) in [6, 6.07) is 2.63. The van der Waals surface area contributed by atoms with Crippen LogP contribution in [0.15, 0.2) is 0 Å². The van der Waals surface area contributed by atoms with Crippen molar-refractivity contribution >= 4 is 0 Å². The second-order valence-electron chi connectivity index (χ2n) is 7.81. The van der Waals surface area contributed by atoms with Gasteiger partial charge in [0.1, 0.15) is 0 Å². The third-order valence-electron chi connectivity index (χ3n) is 5.82. The molecule has 4 aliphatic rings. The molecule has 1 heterocycles. The Balaban J connectivity index is 1.34. The van der Waals surface area contributed by atoms with Gasteiger partial charge in [0.05, 0.1) is 0 Å². The van der Waals surface area contributed by atoms with Crippen molar-refractivity contribution < 1.29 is 0 Å². The van der Waals surface area contributed by atoms with Crippen LogP contribution in [0.2, 0.25) is 0 Å². The quantitative estimate of drug-likeness (QED) is 0.818. The summed E-state index contributed by atoms with van der Waals surface area (Å²) in [4.78, 5) is 2.84. The molecule has 3 aliphatic carbocycles. The first-order valence-corrected chi connectivity index (χ1v) is 8.87. The van der Waals surface area contributed by atoms with Crippen molar-refractivity contribution in [2.75, 3.05) is 13.1 Å². The first kappa shape index (κ1) is 12.6. The maximum Gasteiger partial charge on any atom is 0.0200 e. The molecule has 0 bridgehead atoms. The van der Waals surface area contributed by atoms with Crippen LogP contribution in [-0.2, 0) is 0 Å². The molecule has 3 saturated carbocycles. The fourth-order valence-electron chi connectivity index (χ4n) is 4.52. The summed E-state index contributed by atoms with van der Waals surface area (Å²) in [6.07, 6.45) is 14.8. The maximum absolute atomic E-state index is 4.01. The maximum atomic E-state index is 4.01. The Morgan fingerprint density at radius 1 is 0.789 bits per heavy atom. The zero-order chi connectivity index (χ0) is 12.7. The van der Waals surface area contributed by atoms with Crippen molar-refractivity contribution in [2.24, 2.45) is 11.8 Å². The predicted octanol–water partition coefficient (Wildman–Crippen LogP) is 3.17. The average Bonchev–Trinajstić information content (AvgIpc) is 3.31. The van der Waals surface area contributed by atoms with E-state index in [4.69, 9.17) is 0 Å². The van der Waals surface area contributed by atoms with Crippen molar-refractivity contribution in [3.63, 3.8) is 0 Å². The topological polar surface area (TPSA) is 15.3 Å². The molecule has 0 spiro atoms. The van der Waals surface area contributed by atoms with Crippen molar-refractivity contribution in [3.8, 4) is 0 Å². The minimum Gasteiger partial charge on any atom is -0.310 e. The van der Waals surface area contributed by atoms with E-state index in [9.17, 15) is 0 Å². The van der Waals surface area contributed by atoms with E-state index in [1.165, 1.54) is 77.3 Å². The smallest absolute Gasteiger partial charge is 0.0200 e. The molecule has 1 saturated heterocycles. The number of hydrogen-bond donors (Lipinski definition) is 1. The molecule has 0 aromatic heterocycles. The van der Waals surface area contributed by atoms with Crippen molar-refractivity contribution in [1.82, 2.24) is 10.2 Å². The molecule has 2 heteroatoms. The van der Waals surface area contributed by atoms with Crippen molar-refractivity contribution in [1.29, 1.82) is 0 Å². The van der Waals surface area contributed by atoms with Gasteiger partial charge < -0.3 is 5.32 Å². The fourth-order valence-corrected chi connectivity index (χ4v) is 4.52. The largest absolute Gasteiger partial charge is 0.310 e. The number of piperidine rings is 1. The van der Waals surface area contributed by atoms with Crippen LogP contribution < -0.4 is 5.32 Å². The van der Waals surface area contributed by atoms with Crippen LogP contribution in [0.25, 0.3) is 0 Å². The summed E-state index contributed by atoms with van der Waals surface area (Å²) in [7, 11) is 0. The van der Waals surface area contributed by atoms with Crippen LogP contribution >= 0.6 is 0 Å². The standard InChI is InChI=1S/C17H30N2/c1-2-4-15(3-1)18-16-10-14(9-13-5-6-13)11-19(12-16)17-7-8-17/h13-18H,1-12H2. The first-order chi connectivity index (χ1) is 9.37. The Morgan fingerprint density at radius 2 is 1.58 bits per heavy atom. The molecular weight excluding hydrogens is 232 g/mol. The lowest BCUT2D eigenvalue weighted by Gasteiger charge is -2.39. The molecule has 4 fully saturated rings. The molecule has 108 valence electrons. The third-order valence-corrected chi connectivity index (χ3v) is 5.82. The van der Waals surface area contributed by atoms with Gasteiger partial charge in [-0.15, -0.1) is 0 Å². The van der Waals surface area contributed by atoms with Gasteiger partial charge in [0.2, 0.25) is 0 Å². The van der Waals surface area contributed by atoms with Crippen LogP contribution in [0.4, 0.5) is 0 Å². The lowest BCUT2D eigenvalue weighted by Crippen LogP contribution is -2.52. The summed E-state index contributed by atoms with van der Waals surface area (Å²) in [5.74, 6) is 2.11. The SMILES string of the molecule is C1CCC(NC2CC(CC3CC3)CN(C3CC3)C2)C1. The number of rotatable bonds is 5. The van der Waals surface area contributed by atoms with Gasteiger partial charge in [-0.2, -0.15) is 0 Å². The number of nitrogens with one attached hydrogen (secondary N) is 1. The zero-order valence-electron chi connectivity index (χ0n) is 12.3. The van der Waals surface area contributed by atoms with E-state index in [2.05, 4.69) is 10.2 Å². The molecule has 0 amide bonds. The summed E-state index contributed by atoms with van der Waals surface area (Å²) in [5, 5.41) is 4.01. The molecule has 2 unspecified atom stereocenters. The second-order valence-corrected chi connectivity index (χ2v) is 7.81. The summed E-state index contributed by atoms with van der Waals surface area (Å²) in [6.45, 7) is 2.77. The summed E-state index contributed by atoms with van der Waals surface area (Å²) >= 11 is 0. The minimum atomic E-state index is 0.807. The van der Waals surface area contributed by atoms with Crippen LogP contribution in [0, 0.1) is 11.8 Å². The van der Waals surface area contributed by atoms with E-state index in [-0.39, 0.29) is 0 Å². The monoisotopic (exact) mass is 262 g/mol. The van der Waals surface area contributed by atoms with Crippen molar-refractivity contribution in [3.05, 3.63) is 0 Å². The highest BCUT2D eigenvalue weighted by molar-refractivity contribution is 4.94.